The lowest BCUT2D eigenvalue weighted by Gasteiger charge is -2.35. The molecule has 0 saturated heterocycles. The zero-order chi connectivity index (χ0) is 21.4. The number of carbonyl (C=O) groups excluding carboxylic acids is 1. The summed E-state index contributed by atoms with van der Waals surface area (Å²) < 4.78 is 12.1. The fourth-order valence-electron chi connectivity index (χ4n) is 4.71. The Labute approximate surface area is 186 Å². The Bertz CT molecular complexity index is 1120. The molecule has 1 aromatic heterocycles. The molecule has 31 heavy (non-hydrogen) atoms. The Morgan fingerprint density at radius 1 is 1.06 bits per heavy atom. The molecule has 5 rings (SSSR count). The highest BCUT2D eigenvalue weighted by molar-refractivity contribution is 7.18. The Kier molecular flexibility index (Phi) is 5.40. The molecule has 0 unspecified atom stereocenters. The van der Waals surface area contributed by atoms with Crippen molar-refractivity contribution in [2.45, 2.75) is 31.7 Å². The van der Waals surface area contributed by atoms with Crippen LogP contribution >= 0.6 is 11.3 Å². The molecule has 0 spiro atoms. The van der Waals surface area contributed by atoms with Crippen LogP contribution in [0.2, 0.25) is 0 Å². The highest BCUT2D eigenvalue weighted by Gasteiger charge is 2.36. The van der Waals surface area contributed by atoms with Crippen LogP contribution < -0.4 is 9.47 Å². The number of carbonyl (C=O) groups is 1. The average Bonchev–Trinajstić information content (AvgIpc) is 3.26. The number of nitrogens with zero attached hydrogens (tertiary/aromatic N) is 2. The summed E-state index contributed by atoms with van der Waals surface area (Å²) in [6.07, 6.45) is 6.82. The summed E-state index contributed by atoms with van der Waals surface area (Å²) in [6.45, 7) is 1.34. The van der Waals surface area contributed by atoms with Gasteiger partial charge in [-0.2, -0.15) is 0 Å². The highest BCUT2D eigenvalue weighted by Crippen LogP contribution is 2.40. The molecule has 0 saturated carbocycles. The maximum atomic E-state index is 13.7. The van der Waals surface area contributed by atoms with Gasteiger partial charge in [0.15, 0.2) is 11.5 Å². The van der Waals surface area contributed by atoms with Gasteiger partial charge in [-0.3, -0.25) is 4.79 Å². The fourth-order valence-corrected chi connectivity index (χ4v) is 5.86. The van der Waals surface area contributed by atoms with Gasteiger partial charge in [0, 0.05) is 19.0 Å². The molecule has 2 atom stereocenters. The van der Waals surface area contributed by atoms with E-state index >= 15 is 0 Å². The predicted molar refractivity (Wildman–Crippen MR) is 123 cm³/mol. The molecule has 2 aromatic carbocycles. The molecule has 160 valence electrons. The van der Waals surface area contributed by atoms with E-state index in [1.54, 1.807) is 25.6 Å². The lowest BCUT2D eigenvalue weighted by molar-refractivity contribution is -0.137. The van der Waals surface area contributed by atoms with Crippen LogP contribution in [-0.4, -0.2) is 36.6 Å². The monoisotopic (exact) mass is 434 g/mol. The smallest absolute Gasteiger partial charge is 0.227 e. The van der Waals surface area contributed by atoms with E-state index in [4.69, 9.17) is 14.5 Å². The number of methoxy groups -OCH3 is 2. The number of hydrogen-bond donors (Lipinski definition) is 0. The van der Waals surface area contributed by atoms with Crippen LogP contribution in [-0.2, 0) is 17.8 Å². The lowest BCUT2D eigenvalue weighted by Crippen LogP contribution is -2.42. The molecule has 6 heteroatoms. The van der Waals surface area contributed by atoms with Crippen molar-refractivity contribution in [2.75, 3.05) is 20.8 Å². The number of fused-ring (bicyclic) bond motifs is 2. The van der Waals surface area contributed by atoms with E-state index in [0.29, 0.717) is 12.3 Å². The van der Waals surface area contributed by atoms with Crippen LogP contribution in [0.5, 0.6) is 11.5 Å². The Balaban J connectivity index is 1.40. The van der Waals surface area contributed by atoms with Gasteiger partial charge in [-0.1, -0.05) is 24.3 Å². The number of para-hydroxylation sites is 1. The summed E-state index contributed by atoms with van der Waals surface area (Å²) in [5.41, 5.74) is 3.39. The minimum absolute atomic E-state index is 0.0627. The normalized spacial score (nSPS) is 20.5. The quantitative estimate of drug-likeness (QED) is 0.546. The van der Waals surface area contributed by atoms with E-state index in [1.807, 2.05) is 35.2 Å². The summed E-state index contributed by atoms with van der Waals surface area (Å²) in [5.74, 6) is 1.76. The van der Waals surface area contributed by atoms with Gasteiger partial charge in [0.1, 0.15) is 0 Å². The van der Waals surface area contributed by atoms with Crippen molar-refractivity contribution in [1.29, 1.82) is 0 Å². The number of aromatic nitrogens is 1. The minimum atomic E-state index is -0.0627. The Morgan fingerprint density at radius 3 is 2.58 bits per heavy atom. The second-order valence-corrected chi connectivity index (χ2v) is 9.22. The highest BCUT2D eigenvalue weighted by atomic mass is 32.1. The van der Waals surface area contributed by atoms with Gasteiger partial charge in [-0.25, -0.2) is 4.98 Å². The second kappa shape index (κ2) is 8.35. The van der Waals surface area contributed by atoms with Crippen molar-refractivity contribution in [1.82, 2.24) is 9.88 Å². The van der Waals surface area contributed by atoms with Crippen molar-refractivity contribution in [3.05, 3.63) is 64.7 Å². The molecule has 2 heterocycles. The summed E-state index contributed by atoms with van der Waals surface area (Å²) in [4.78, 5) is 20.5. The molecule has 0 bridgehead atoms. The van der Waals surface area contributed by atoms with Crippen molar-refractivity contribution in [3.8, 4) is 11.5 Å². The molecular weight excluding hydrogens is 408 g/mol. The van der Waals surface area contributed by atoms with Gasteiger partial charge in [0.25, 0.3) is 0 Å². The average molecular weight is 435 g/mol. The van der Waals surface area contributed by atoms with E-state index in [1.165, 1.54) is 10.3 Å². The standard InChI is InChI=1S/C25H26N2O3S/c1-29-21-13-16-11-12-27(15-17(16)14-22(21)30-2)25(28)19-8-4-3-7-18(19)24-26-20-9-5-6-10-23(20)31-24/h3-6,9-10,13-14,18-19H,7-8,11-12,15H2,1-2H3/t18-,19-/m1/s1. The molecule has 0 N–H and O–H groups in total. The lowest BCUT2D eigenvalue weighted by atomic mass is 9.82. The topological polar surface area (TPSA) is 51.7 Å². The van der Waals surface area contributed by atoms with Crippen molar-refractivity contribution in [2.24, 2.45) is 5.92 Å². The molecule has 1 aliphatic carbocycles. The molecule has 2 aliphatic rings. The summed E-state index contributed by atoms with van der Waals surface area (Å²) in [6, 6.07) is 12.3. The van der Waals surface area contributed by atoms with Crippen LogP contribution in [0.3, 0.4) is 0 Å². The SMILES string of the molecule is COc1cc2c(cc1OC)CN(C(=O)[C@@H]1CC=CC[C@H]1c1nc3ccccc3s1)CC2. The number of benzene rings is 2. The Hall–Kier alpha value is -2.86. The molecule has 0 radical (unpaired) electrons. The molecule has 3 aromatic rings. The molecule has 5 nitrogen and oxygen atoms in total. The van der Waals surface area contributed by atoms with Gasteiger partial charge < -0.3 is 14.4 Å². The van der Waals surface area contributed by atoms with Gasteiger partial charge in [-0.15, -0.1) is 11.3 Å². The largest absolute Gasteiger partial charge is 0.493 e. The fraction of sp³-hybridized carbons (Fsp3) is 0.360. The molecule has 0 fully saturated rings. The van der Waals surface area contributed by atoms with E-state index in [2.05, 4.69) is 18.2 Å². The van der Waals surface area contributed by atoms with E-state index in [-0.39, 0.29) is 17.7 Å². The van der Waals surface area contributed by atoms with Crippen LogP contribution in [0.1, 0.15) is 34.9 Å². The molecular formula is C25H26N2O3S. The first-order chi connectivity index (χ1) is 15.2. The number of allylic oxidation sites excluding steroid dienone is 2. The first kappa shape index (κ1) is 20.1. The maximum Gasteiger partial charge on any atom is 0.227 e. The minimum Gasteiger partial charge on any atom is -0.493 e. The van der Waals surface area contributed by atoms with E-state index in [9.17, 15) is 4.79 Å². The third-order valence-corrected chi connectivity index (χ3v) is 7.58. The van der Waals surface area contributed by atoms with Gasteiger partial charge >= 0.3 is 0 Å². The number of thiazole rings is 1. The summed E-state index contributed by atoms with van der Waals surface area (Å²) in [7, 11) is 3.30. The Morgan fingerprint density at radius 2 is 1.81 bits per heavy atom. The number of rotatable bonds is 4. The number of amides is 1. The molecule has 1 aliphatic heterocycles. The maximum absolute atomic E-state index is 13.7. The van der Waals surface area contributed by atoms with Gasteiger partial charge in [0.05, 0.1) is 35.4 Å². The van der Waals surface area contributed by atoms with Gasteiger partial charge in [0.2, 0.25) is 5.91 Å². The third-order valence-electron chi connectivity index (χ3n) is 6.41. The molecule has 1 amide bonds. The van der Waals surface area contributed by atoms with Gasteiger partial charge in [-0.05, 0) is 54.7 Å². The zero-order valence-corrected chi connectivity index (χ0v) is 18.7. The summed E-state index contributed by atoms with van der Waals surface area (Å²) in [5, 5.41) is 1.08. The number of hydrogen-bond acceptors (Lipinski definition) is 5. The first-order valence-corrected chi connectivity index (χ1v) is 11.5. The number of ether oxygens (including phenoxy) is 2. The zero-order valence-electron chi connectivity index (χ0n) is 17.8. The van der Waals surface area contributed by atoms with Crippen molar-refractivity contribution < 1.29 is 14.3 Å². The van der Waals surface area contributed by atoms with E-state index < -0.39 is 0 Å². The van der Waals surface area contributed by atoms with Crippen LogP contribution in [0, 0.1) is 5.92 Å². The second-order valence-electron chi connectivity index (χ2n) is 8.16. The van der Waals surface area contributed by atoms with Crippen LogP contribution in [0.4, 0.5) is 0 Å². The third kappa shape index (κ3) is 3.69. The van der Waals surface area contributed by atoms with Crippen molar-refractivity contribution in [3.63, 3.8) is 0 Å². The van der Waals surface area contributed by atoms with E-state index in [0.717, 1.165) is 47.6 Å². The van der Waals surface area contributed by atoms with Crippen LogP contribution in [0.15, 0.2) is 48.6 Å². The first-order valence-electron chi connectivity index (χ1n) is 10.7. The van der Waals surface area contributed by atoms with Crippen molar-refractivity contribution >= 4 is 27.5 Å². The predicted octanol–water partition coefficient (Wildman–Crippen LogP) is 4.95. The summed E-state index contributed by atoms with van der Waals surface area (Å²) >= 11 is 1.72. The van der Waals surface area contributed by atoms with Crippen LogP contribution in [0.25, 0.3) is 10.2 Å².